The molecule has 3 N–H and O–H groups in total. The summed E-state index contributed by atoms with van der Waals surface area (Å²) < 4.78 is 0. The molecule has 0 unspecified atom stereocenters. The maximum Gasteiger partial charge on any atom is 0.244 e. The van der Waals surface area contributed by atoms with Gasteiger partial charge in [0.05, 0.1) is 0 Å². The number of piperazine rings is 1. The second-order valence-electron chi connectivity index (χ2n) is 7.51. The van der Waals surface area contributed by atoms with Crippen LogP contribution in [0.2, 0.25) is 5.02 Å². The van der Waals surface area contributed by atoms with E-state index in [9.17, 15) is 4.79 Å². The Bertz CT molecular complexity index is 904. The first-order valence-corrected chi connectivity index (χ1v) is 10.4. The standard InChI is InChI=1S/C22H26ClN5O/c23-18-5-8-20(9-6-18)27-10-12-28(13-11-27)21(29)15-25-22(24)26-19-7-4-16-2-1-3-17(16)14-19/h4-9,14H,1-3,10-13,15H2,(H3,24,25,26). The molecule has 1 aliphatic heterocycles. The fourth-order valence-corrected chi connectivity index (χ4v) is 4.08. The number of halogens is 1. The quantitative estimate of drug-likeness (QED) is 0.599. The van der Waals surface area contributed by atoms with E-state index in [1.54, 1.807) is 0 Å². The van der Waals surface area contributed by atoms with Gasteiger partial charge in [-0.25, -0.2) is 4.99 Å². The summed E-state index contributed by atoms with van der Waals surface area (Å²) in [7, 11) is 0. The lowest BCUT2D eigenvalue weighted by molar-refractivity contribution is -0.129. The van der Waals surface area contributed by atoms with Gasteiger partial charge in [0, 0.05) is 42.6 Å². The van der Waals surface area contributed by atoms with E-state index < -0.39 is 0 Å². The maximum absolute atomic E-state index is 12.5. The van der Waals surface area contributed by atoms with Crippen LogP contribution >= 0.6 is 11.6 Å². The molecule has 0 radical (unpaired) electrons. The maximum atomic E-state index is 12.5. The lowest BCUT2D eigenvalue weighted by atomic mass is 10.1. The minimum Gasteiger partial charge on any atom is -0.370 e. The van der Waals surface area contributed by atoms with Crippen LogP contribution in [-0.4, -0.2) is 49.5 Å². The van der Waals surface area contributed by atoms with Gasteiger partial charge in [-0.15, -0.1) is 0 Å². The van der Waals surface area contributed by atoms with Gasteiger partial charge in [0.25, 0.3) is 0 Å². The lowest BCUT2D eigenvalue weighted by Gasteiger charge is -2.36. The van der Waals surface area contributed by atoms with Crippen LogP contribution in [0.4, 0.5) is 11.4 Å². The average Bonchev–Trinajstić information content (AvgIpc) is 3.20. The van der Waals surface area contributed by atoms with E-state index in [2.05, 4.69) is 27.3 Å². The Morgan fingerprint density at radius 2 is 1.76 bits per heavy atom. The van der Waals surface area contributed by atoms with Crippen molar-refractivity contribution in [3.8, 4) is 0 Å². The van der Waals surface area contributed by atoms with Gasteiger partial charge >= 0.3 is 0 Å². The summed E-state index contributed by atoms with van der Waals surface area (Å²) in [5, 5.41) is 3.83. The monoisotopic (exact) mass is 411 g/mol. The summed E-state index contributed by atoms with van der Waals surface area (Å²) in [6, 6.07) is 14.1. The smallest absolute Gasteiger partial charge is 0.244 e. The normalized spacial score (nSPS) is 16.7. The van der Waals surface area contributed by atoms with Gasteiger partial charge in [0.1, 0.15) is 6.54 Å². The van der Waals surface area contributed by atoms with Crippen LogP contribution in [0, 0.1) is 0 Å². The summed E-state index contributed by atoms with van der Waals surface area (Å²) >= 11 is 5.95. The number of benzene rings is 2. The minimum absolute atomic E-state index is 0.000500. The fraction of sp³-hybridized carbons (Fsp3) is 0.364. The Kier molecular flexibility index (Phi) is 5.90. The number of carbonyl (C=O) groups is 1. The molecule has 29 heavy (non-hydrogen) atoms. The minimum atomic E-state index is -0.000500. The molecule has 152 valence electrons. The van der Waals surface area contributed by atoms with Crippen LogP contribution in [0.25, 0.3) is 0 Å². The number of rotatable bonds is 4. The van der Waals surface area contributed by atoms with Gasteiger partial charge in [-0.05, 0) is 66.8 Å². The first-order valence-electron chi connectivity index (χ1n) is 10.1. The molecule has 1 saturated heterocycles. The molecule has 1 heterocycles. The van der Waals surface area contributed by atoms with Crippen molar-refractivity contribution >= 4 is 34.8 Å². The van der Waals surface area contributed by atoms with Gasteiger partial charge in [-0.3, -0.25) is 4.79 Å². The topological polar surface area (TPSA) is 74.0 Å². The summed E-state index contributed by atoms with van der Waals surface area (Å²) in [5.74, 6) is 0.274. The van der Waals surface area contributed by atoms with Crippen molar-refractivity contribution in [1.29, 1.82) is 0 Å². The van der Waals surface area contributed by atoms with E-state index in [4.69, 9.17) is 17.3 Å². The Hall–Kier alpha value is -2.73. The number of nitrogens with two attached hydrogens (primary N) is 1. The third kappa shape index (κ3) is 4.82. The molecule has 2 aromatic carbocycles. The highest BCUT2D eigenvalue weighted by atomic mass is 35.5. The van der Waals surface area contributed by atoms with Crippen molar-refractivity contribution < 1.29 is 4.79 Å². The van der Waals surface area contributed by atoms with Crippen molar-refractivity contribution in [3.05, 3.63) is 58.6 Å². The Labute approximate surface area is 176 Å². The zero-order chi connectivity index (χ0) is 20.2. The van der Waals surface area contributed by atoms with E-state index >= 15 is 0 Å². The molecule has 6 nitrogen and oxygen atoms in total. The van der Waals surface area contributed by atoms with Crippen molar-refractivity contribution in [2.45, 2.75) is 19.3 Å². The predicted molar refractivity (Wildman–Crippen MR) is 119 cm³/mol. The van der Waals surface area contributed by atoms with Gasteiger partial charge in [0.15, 0.2) is 5.96 Å². The molecule has 0 atom stereocenters. The molecule has 4 rings (SSSR count). The highest BCUT2D eigenvalue weighted by Gasteiger charge is 2.21. The molecule has 1 amide bonds. The summed E-state index contributed by atoms with van der Waals surface area (Å²) in [4.78, 5) is 20.8. The molecular formula is C22H26ClN5O. The predicted octanol–water partition coefficient (Wildman–Crippen LogP) is 2.90. The van der Waals surface area contributed by atoms with Crippen LogP contribution < -0.4 is 16.0 Å². The van der Waals surface area contributed by atoms with Gasteiger partial charge in [-0.2, -0.15) is 0 Å². The molecule has 1 fully saturated rings. The van der Waals surface area contributed by atoms with Crippen molar-refractivity contribution in [3.63, 3.8) is 0 Å². The first kappa shape index (κ1) is 19.6. The fourth-order valence-electron chi connectivity index (χ4n) is 3.96. The number of guanidine groups is 1. The lowest BCUT2D eigenvalue weighted by Crippen LogP contribution is -2.49. The molecule has 2 aliphatic rings. The number of hydrogen-bond acceptors (Lipinski definition) is 3. The molecule has 0 saturated carbocycles. The molecule has 2 aromatic rings. The number of nitrogens with zero attached hydrogens (tertiary/aromatic N) is 3. The number of carbonyl (C=O) groups excluding carboxylic acids is 1. The number of nitrogens with one attached hydrogen (secondary N) is 1. The van der Waals surface area contributed by atoms with Crippen molar-refractivity contribution in [1.82, 2.24) is 4.90 Å². The third-order valence-electron chi connectivity index (χ3n) is 5.58. The summed E-state index contributed by atoms with van der Waals surface area (Å²) in [5.41, 5.74) is 10.8. The van der Waals surface area contributed by atoms with Crippen molar-refractivity contribution in [2.75, 3.05) is 42.9 Å². The largest absolute Gasteiger partial charge is 0.370 e. The second kappa shape index (κ2) is 8.74. The van der Waals surface area contributed by atoms with Crippen molar-refractivity contribution in [2.24, 2.45) is 10.7 Å². The second-order valence-corrected chi connectivity index (χ2v) is 7.94. The molecule has 0 bridgehead atoms. The van der Waals surface area contributed by atoms with E-state index in [0.29, 0.717) is 13.1 Å². The van der Waals surface area contributed by atoms with E-state index in [1.807, 2.05) is 35.2 Å². The van der Waals surface area contributed by atoms with Gasteiger partial charge in [0.2, 0.25) is 5.91 Å². The van der Waals surface area contributed by atoms with E-state index in [1.165, 1.54) is 17.5 Å². The summed E-state index contributed by atoms with van der Waals surface area (Å²) in [6.45, 7) is 2.99. The molecular weight excluding hydrogens is 386 g/mol. The molecule has 0 aromatic heterocycles. The van der Waals surface area contributed by atoms with Gasteiger partial charge < -0.3 is 20.9 Å². The van der Waals surface area contributed by atoms with Crippen LogP contribution in [0.1, 0.15) is 17.5 Å². The third-order valence-corrected chi connectivity index (χ3v) is 5.83. The number of anilines is 2. The van der Waals surface area contributed by atoms with Crippen LogP contribution in [0.5, 0.6) is 0 Å². The number of aryl methyl sites for hydroxylation is 2. The molecule has 1 aliphatic carbocycles. The Morgan fingerprint density at radius 1 is 1.03 bits per heavy atom. The SMILES string of the molecule is NC(=NCC(=O)N1CCN(c2ccc(Cl)cc2)CC1)Nc1ccc2c(c1)CCC2. The number of hydrogen-bond donors (Lipinski definition) is 2. The van der Waals surface area contributed by atoms with Crippen LogP contribution in [0.3, 0.4) is 0 Å². The highest BCUT2D eigenvalue weighted by molar-refractivity contribution is 6.30. The molecule has 0 spiro atoms. The Morgan fingerprint density at radius 3 is 2.52 bits per heavy atom. The summed E-state index contributed by atoms with van der Waals surface area (Å²) in [6.07, 6.45) is 3.48. The van der Waals surface area contributed by atoms with Gasteiger partial charge in [-0.1, -0.05) is 17.7 Å². The van der Waals surface area contributed by atoms with E-state index in [0.717, 1.165) is 42.3 Å². The van der Waals surface area contributed by atoms with Crippen LogP contribution in [-0.2, 0) is 17.6 Å². The number of amides is 1. The van der Waals surface area contributed by atoms with Crippen LogP contribution in [0.15, 0.2) is 47.5 Å². The zero-order valence-electron chi connectivity index (χ0n) is 16.4. The Balaban J connectivity index is 1.26. The highest BCUT2D eigenvalue weighted by Crippen LogP contribution is 2.24. The molecule has 7 heteroatoms. The average molecular weight is 412 g/mol. The van der Waals surface area contributed by atoms with E-state index in [-0.39, 0.29) is 18.4 Å². The zero-order valence-corrected chi connectivity index (χ0v) is 17.2. The number of fused-ring (bicyclic) bond motifs is 1. The first-order chi connectivity index (χ1) is 14.1. The number of aliphatic imine (C=N–C) groups is 1.